The normalized spacial score (nSPS) is 10.5. The fraction of sp³-hybridized carbons (Fsp3) is 0.769. The molecule has 4 heteroatoms. The smallest absolute Gasteiger partial charge is 0.330 e. The van der Waals surface area contributed by atoms with Gasteiger partial charge in [-0.1, -0.05) is 19.9 Å². The molecular formula is C13H26BrNO2. The fourth-order valence-electron chi connectivity index (χ4n) is 1.86. The van der Waals surface area contributed by atoms with Crippen molar-refractivity contribution in [3.05, 3.63) is 12.7 Å². The molecule has 0 heterocycles. The van der Waals surface area contributed by atoms with Gasteiger partial charge >= 0.3 is 5.97 Å². The monoisotopic (exact) mass is 307 g/mol. The molecule has 0 amide bonds. The van der Waals surface area contributed by atoms with Crippen molar-refractivity contribution < 1.29 is 31.0 Å². The fourth-order valence-corrected chi connectivity index (χ4v) is 1.86. The highest BCUT2D eigenvalue weighted by atomic mass is 79.9. The van der Waals surface area contributed by atoms with Crippen molar-refractivity contribution in [2.75, 3.05) is 32.8 Å². The van der Waals surface area contributed by atoms with E-state index in [2.05, 4.69) is 27.4 Å². The second kappa shape index (κ2) is 10.8. The zero-order valence-electron chi connectivity index (χ0n) is 11.4. The summed E-state index contributed by atoms with van der Waals surface area (Å²) < 4.78 is 6.10. The van der Waals surface area contributed by atoms with E-state index in [-0.39, 0.29) is 23.0 Å². The summed E-state index contributed by atoms with van der Waals surface area (Å²) in [5.74, 6) is -0.319. The number of unbranched alkanes of at least 4 members (excludes halogenated alkanes) is 1. The van der Waals surface area contributed by atoms with Crippen LogP contribution in [0, 0.1) is 0 Å². The van der Waals surface area contributed by atoms with E-state index < -0.39 is 0 Å². The van der Waals surface area contributed by atoms with E-state index in [0.29, 0.717) is 6.61 Å². The molecule has 0 radical (unpaired) electrons. The van der Waals surface area contributed by atoms with Crippen LogP contribution in [-0.4, -0.2) is 43.2 Å². The lowest BCUT2D eigenvalue weighted by molar-refractivity contribution is -0.925. The lowest BCUT2D eigenvalue weighted by Crippen LogP contribution is -3.00. The van der Waals surface area contributed by atoms with Crippen molar-refractivity contribution in [1.82, 2.24) is 0 Å². The Balaban J connectivity index is 0. The molecule has 0 aliphatic heterocycles. The van der Waals surface area contributed by atoms with E-state index in [4.69, 9.17) is 4.74 Å². The van der Waals surface area contributed by atoms with Crippen LogP contribution in [0.5, 0.6) is 0 Å². The molecule has 0 aromatic heterocycles. The molecule has 0 aromatic carbocycles. The molecule has 0 aliphatic carbocycles. The molecule has 0 bridgehead atoms. The van der Waals surface area contributed by atoms with Crippen LogP contribution in [0.4, 0.5) is 0 Å². The number of carbonyl (C=O) groups is 1. The minimum absolute atomic E-state index is 0. The van der Waals surface area contributed by atoms with Crippen molar-refractivity contribution in [2.24, 2.45) is 0 Å². The first-order valence-electron chi connectivity index (χ1n) is 6.28. The van der Waals surface area contributed by atoms with Crippen LogP contribution in [0.2, 0.25) is 0 Å². The average Bonchev–Trinajstić information content (AvgIpc) is 2.33. The summed E-state index contributed by atoms with van der Waals surface area (Å²) in [7, 11) is 0. The van der Waals surface area contributed by atoms with E-state index in [1.807, 2.05) is 0 Å². The summed E-state index contributed by atoms with van der Waals surface area (Å²) in [4.78, 5) is 10.9. The van der Waals surface area contributed by atoms with Gasteiger partial charge in [0.05, 0.1) is 19.6 Å². The predicted molar refractivity (Wildman–Crippen MR) is 67.1 cm³/mol. The van der Waals surface area contributed by atoms with Gasteiger partial charge in [0.15, 0.2) is 0 Å². The lowest BCUT2D eigenvalue weighted by Gasteiger charge is -2.36. The molecule has 0 spiro atoms. The molecule has 3 nitrogen and oxygen atoms in total. The van der Waals surface area contributed by atoms with Crippen LogP contribution in [0.25, 0.3) is 0 Å². The number of halogens is 1. The van der Waals surface area contributed by atoms with Gasteiger partial charge in [0, 0.05) is 6.08 Å². The minimum Gasteiger partial charge on any atom is -1.00 e. The van der Waals surface area contributed by atoms with Crippen molar-refractivity contribution >= 4 is 5.97 Å². The van der Waals surface area contributed by atoms with Crippen molar-refractivity contribution in [3.63, 3.8) is 0 Å². The highest BCUT2D eigenvalue weighted by Gasteiger charge is 2.22. The number of carbonyl (C=O) groups excluding carboxylic acids is 1. The topological polar surface area (TPSA) is 26.3 Å². The Hall–Kier alpha value is -0.350. The van der Waals surface area contributed by atoms with Gasteiger partial charge in [0.1, 0.15) is 13.2 Å². The van der Waals surface area contributed by atoms with Gasteiger partial charge in [-0.2, -0.15) is 0 Å². The number of hydrogen-bond acceptors (Lipinski definition) is 2. The van der Waals surface area contributed by atoms with E-state index in [9.17, 15) is 4.79 Å². The first-order valence-corrected chi connectivity index (χ1v) is 6.28. The second-order valence-electron chi connectivity index (χ2n) is 4.15. The largest absolute Gasteiger partial charge is 1.00 e. The number of likely N-dealkylation sites (N-methyl/N-ethyl adjacent to an activating group) is 1. The SMILES string of the molecule is C=CC(=O)OCC[N+](CC)(CC)CCCC.[Br-]. The molecule has 0 rings (SSSR count). The van der Waals surface area contributed by atoms with Gasteiger partial charge in [0.2, 0.25) is 0 Å². The molecule has 0 fully saturated rings. The van der Waals surface area contributed by atoms with Gasteiger partial charge in [0.25, 0.3) is 0 Å². The van der Waals surface area contributed by atoms with Crippen LogP contribution in [0.1, 0.15) is 33.6 Å². The Labute approximate surface area is 116 Å². The number of quaternary nitrogens is 1. The molecule has 0 aromatic rings. The zero-order valence-corrected chi connectivity index (χ0v) is 13.0. The van der Waals surface area contributed by atoms with Crippen molar-refractivity contribution in [2.45, 2.75) is 33.6 Å². The standard InChI is InChI=1S/C13H26NO2.BrH/c1-5-9-10-14(7-3,8-4)11-12-16-13(15)6-2;/h6H,2,5,7-12H2,1,3-4H3;1H/q+1;/p-1. The molecule has 0 saturated carbocycles. The molecule has 0 N–H and O–H groups in total. The third-order valence-corrected chi connectivity index (χ3v) is 3.30. The van der Waals surface area contributed by atoms with Crippen LogP contribution >= 0.6 is 0 Å². The van der Waals surface area contributed by atoms with Gasteiger partial charge in [-0.25, -0.2) is 4.79 Å². The Kier molecular flexibility index (Phi) is 12.1. The summed E-state index contributed by atoms with van der Waals surface area (Å²) in [5.41, 5.74) is 0. The molecule has 0 aliphatic rings. The Morgan fingerprint density at radius 3 is 2.24 bits per heavy atom. The number of rotatable bonds is 9. The molecule has 17 heavy (non-hydrogen) atoms. The minimum atomic E-state index is -0.319. The van der Waals surface area contributed by atoms with Crippen LogP contribution in [0.15, 0.2) is 12.7 Å². The maximum Gasteiger partial charge on any atom is 0.330 e. The van der Waals surface area contributed by atoms with Gasteiger partial charge in [-0.05, 0) is 20.3 Å². The van der Waals surface area contributed by atoms with Gasteiger partial charge in [-0.15, -0.1) is 0 Å². The molecule has 0 atom stereocenters. The molecule has 102 valence electrons. The van der Waals surface area contributed by atoms with Crippen LogP contribution in [-0.2, 0) is 9.53 Å². The summed E-state index contributed by atoms with van der Waals surface area (Å²) >= 11 is 0. The number of hydrogen-bond donors (Lipinski definition) is 0. The van der Waals surface area contributed by atoms with E-state index in [1.54, 1.807) is 0 Å². The molecule has 0 unspecified atom stereocenters. The Bertz CT molecular complexity index is 215. The number of nitrogens with zero attached hydrogens (tertiary/aromatic N) is 1. The summed E-state index contributed by atoms with van der Waals surface area (Å²) in [5, 5.41) is 0. The summed E-state index contributed by atoms with van der Waals surface area (Å²) in [6.45, 7) is 14.8. The molecular weight excluding hydrogens is 282 g/mol. The zero-order chi connectivity index (χ0) is 12.4. The molecule has 0 saturated heterocycles. The maximum atomic E-state index is 10.9. The highest BCUT2D eigenvalue weighted by molar-refractivity contribution is 5.81. The van der Waals surface area contributed by atoms with Gasteiger partial charge < -0.3 is 26.2 Å². The third kappa shape index (κ3) is 7.55. The number of ether oxygens (including phenoxy) is 1. The number of esters is 1. The van der Waals surface area contributed by atoms with E-state index >= 15 is 0 Å². The quantitative estimate of drug-likeness (QED) is 0.322. The van der Waals surface area contributed by atoms with Crippen LogP contribution < -0.4 is 17.0 Å². The third-order valence-electron chi connectivity index (χ3n) is 3.30. The summed E-state index contributed by atoms with van der Waals surface area (Å²) in [6, 6.07) is 0. The highest BCUT2D eigenvalue weighted by Crippen LogP contribution is 2.09. The average molecular weight is 308 g/mol. The Morgan fingerprint density at radius 2 is 1.82 bits per heavy atom. The summed E-state index contributed by atoms with van der Waals surface area (Å²) in [6.07, 6.45) is 3.67. The maximum absolute atomic E-state index is 10.9. The first-order chi connectivity index (χ1) is 7.64. The lowest BCUT2D eigenvalue weighted by atomic mass is 10.2. The van der Waals surface area contributed by atoms with E-state index in [0.717, 1.165) is 24.1 Å². The predicted octanol–water partition coefficient (Wildman–Crippen LogP) is -0.624. The Morgan fingerprint density at radius 1 is 1.24 bits per heavy atom. The van der Waals surface area contributed by atoms with E-state index in [1.165, 1.54) is 25.5 Å². The van der Waals surface area contributed by atoms with Crippen LogP contribution in [0.3, 0.4) is 0 Å². The second-order valence-corrected chi connectivity index (χ2v) is 4.15. The first kappa shape index (κ1) is 19.0. The van der Waals surface area contributed by atoms with Crippen molar-refractivity contribution in [1.29, 1.82) is 0 Å². The van der Waals surface area contributed by atoms with Gasteiger partial charge in [-0.3, -0.25) is 0 Å². The van der Waals surface area contributed by atoms with Crippen molar-refractivity contribution in [3.8, 4) is 0 Å².